The number of rotatable bonds is 13. The van der Waals surface area contributed by atoms with Crippen LogP contribution in [0.1, 0.15) is 60.6 Å². The molecule has 0 atom stereocenters. The first-order valence-corrected chi connectivity index (χ1v) is 28.2. The van der Waals surface area contributed by atoms with Gasteiger partial charge in [-0.25, -0.2) is 43.9 Å². The van der Waals surface area contributed by atoms with Gasteiger partial charge in [-0.05, 0) is 111 Å². The molecule has 0 radical (unpaired) electrons. The van der Waals surface area contributed by atoms with E-state index in [4.69, 9.17) is 44.3 Å². The second-order valence-electron chi connectivity index (χ2n) is 20.9. The highest BCUT2D eigenvalue weighted by Crippen LogP contribution is 2.36. The van der Waals surface area contributed by atoms with E-state index in [9.17, 15) is 14.4 Å². The molecule has 12 rings (SSSR count). The zero-order valence-electron chi connectivity index (χ0n) is 46.4. The Kier molecular flexibility index (Phi) is 15.8. The smallest absolute Gasteiger partial charge is 0.341 e. The lowest BCUT2D eigenvalue weighted by Gasteiger charge is -2.33. The number of ether oxygens (including phenoxy) is 3. The minimum atomic E-state index is -0.515. The fourth-order valence-corrected chi connectivity index (χ4v) is 11.5. The van der Waals surface area contributed by atoms with Crippen LogP contribution in [0.2, 0.25) is 0 Å². The van der Waals surface area contributed by atoms with E-state index in [1.165, 1.54) is 22.6 Å². The van der Waals surface area contributed by atoms with Crippen LogP contribution < -0.4 is 30.2 Å². The number of methoxy groups -OCH3 is 1. The third-order valence-corrected chi connectivity index (χ3v) is 15.9. The number of hydrazine groups is 1. The van der Waals surface area contributed by atoms with Crippen molar-refractivity contribution in [2.75, 3.05) is 120 Å². The van der Waals surface area contributed by atoms with E-state index < -0.39 is 12.1 Å². The zero-order valence-corrected chi connectivity index (χ0v) is 46.4. The molecule has 0 saturated carbocycles. The van der Waals surface area contributed by atoms with Crippen LogP contribution >= 0.6 is 0 Å². The molecule has 424 valence electrons. The third-order valence-electron chi connectivity index (χ3n) is 15.9. The summed E-state index contributed by atoms with van der Waals surface area (Å²) in [6, 6.07) is 25.2. The van der Waals surface area contributed by atoms with E-state index in [-0.39, 0.29) is 24.5 Å². The van der Waals surface area contributed by atoms with Gasteiger partial charge in [0.25, 0.3) is 5.91 Å². The summed E-state index contributed by atoms with van der Waals surface area (Å²) >= 11 is 0. The number of carbonyl (C=O) groups excluding carboxylic acids is 3. The molecule has 5 amide bonds. The topological polar surface area (TPSA) is 222 Å². The maximum Gasteiger partial charge on any atom is 0.341 e. The zero-order chi connectivity index (χ0) is 56.1. The number of likely N-dealkylation sites (tertiary alicyclic amines) is 2. The number of nitrogens with zero attached hydrogens (tertiary/aromatic N) is 15. The minimum Gasteiger partial charge on any atom is -0.497 e. The summed E-state index contributed by atoms with van der Waals surface area (Å²) in [5.41, 5.74) is 5.74. The lowest BCUT2D eigenvalue weighted by molar-refractivity contribution is 0.0691. The van der Waals surface area contributed by atoms with E-state index in [1.807, 2.05) is 95.8 Å². The Morgan fingerprint density at radius 1 is 0.659 bits per heavy atom. The van der Waals surface area contributed by atoms with Gasteiger partial charge in [-0.15, -0.1) is 0 Å². The van der Waals surface area contributed by atoms with Gasteiger partial charge >= 0.3 is 12.1 Å². The molecule has 4 fully saturated rings. The average Bonchev–Trinajstić information content (AvgIpc) is 4.20. The number of urea groups is 2. The molecular formula is C59H67N17O6. The molecule has 0 bridgehead atoms. The molecule has 4 saturated heterocycles. The summed E-state index contributed by atoms with van der Waals surface area (Å²) in [7, 11) is 3.12. The number of anilines is 4. The third kappa shape index (κ3) is 11.2. The number of amides is 5. The van der Waals surface area contributed by atoms with Crippen molar-refractivity contribution in [2.45, 2.75) is 51.2 Å². The SMILES string of the molecule is CCN(C(=O)Nc1ccc(-c2nc(N3CCOCC3)c3cnn(C4CCN(Cc5cccnc5)CC4)c3n2)cc1)N(C(=O)NC)c1ccc(-c2nc(N3CCOCC3)c3cnn(C4CCN(C(=O)c5cccc(OC)c5)CC4)c3n2)cc1. The average molecular weight is 1110 g/mol. The monoisotopic (exact) mass is 1110 g/mol. The molecule has 23 heteroatoms. The molecule has 0 aliphatic carbocycles. The number of hydrogen-bond acceptors (Lipinski definition) is 16. The Hall–Kier alpha value is -8.80. The first-order chi connectivity index (χ1) is 40.2. The van der Waals surface area contributed by atoms with Crippen molar-refractivity contribution in [1.82, 2.24) is 64.6 Å². The molecule has 3 aromatic carbocycles. The molecule has 82 heavy (non-hydrogen) atoms. The molecule has 5 aromatic heterocycles. The molecule has 9 heterocycles. The van der Waals surface area contributed by atoms with Crippen molar-refractivity contribution < 1.29 is 28.6 Å². The molecule has 4 aliphatic heterocycles. The summed E-state index contributed by atoms with van der Waals surface area (Å²) < 4.78 is 20.9. The van der Waals surface area contributed by atoms with Gasteiger partial charge in [-0.2, -0.15) is 15.2 Å². The molecule has 0 spiro atoms. The van der Waals surface area contributed by atoms with Crippen LogP contribution in [0, 0.1) is 0 Å². The number of benzene rings is 3. The Morgan fingerprint density at radius 2 is 1.23 bits per heavy atom. The number of fused-ring (bicyclic) bond motifs is 2. The quantitative estimate of drug-likeness (QED) is 0.108. The Bertz CT molecular complexity index is 3530. The summed E-state index contributed by atoms with van der Waals surface area (Å²) in [5.74, 6) is 3.23. The standard InChI is InChI=1S/C59H67N17O6/c1-4-73(59(79)64-44-14-10-41(11-15-44)51-65-53(70-27-31-81-32-28-70)49-37-62-74(55(49)67-51)45-18-23-69(24-19-45)39-40-7-6-22-61-36-40)76(58(78)60-2)47-16-12-42(13-17-47)52-66-54(71-29-33-82-34-30-71)50-38-63-75(56(50)68-52)46-20-25-72(26-21-46)57(77)43-8-5-9-48(35-43)80-3/h5-17,22,35-38,45-46H,4,18-21,23-34,39H2,1-3H3,(H,60,78)(H,64,79). The first kappa shape index (κ1) is 53.8. The molecule has 23 nitrogen and oxygen atoms in total. The van der Waals surface area contributed by atoms with Crippen LogP contribution in [0.3, 0.4) is 0 Å². The highest BCUT2D eigenvalue weighted by Gasteiger charge is 2.32. The maximum atomic E-state index is 14.3. The summed E-state index contributed by atoms with van der Waals surface area (Å²) in [5, 5.41) is 20.0. The van der Waals surface area contributed by atoms with E-state index in [0.29, 0.717) is 124 Å². The fraction of sp³-hybridized carbons (Fsp3) is 0.390. The number of aromatic nitrogens is 9. The maximum absolute atomic E-state index is 14.3. The predicted molar refractivity (Wildman–Crippen MR) is 311 cm³/mol. The van der Waals surface area contributed by atoms with Crippen LogP contribution in [-0.4, -0.2) is 177 Å². The van der Waals surface area contributed by atoms with Crippen molar-refractivity contribution in [1.29, 1.82) is 0 Å². The largest absolute Gasteiger partial charge is 0.497 e. The van der Waals surface area contributed by atoms with Crippen LogP contribution in [-0.2, 0) is 16.0 Å². The van der Waals surface area contributed by atoms with Crippen molar-refractivity contribution in [3.8, 4) is 28.5 Å². The van der Waals surface area contributed by atoms with Crippen LogP contribution in [0.4, 0.5) is 32.6 Å². The lowest BCUT2D eigenvalue weighted by atomic mass is 10.0. The first-order valence-electron chi connectivity index (χ1n) is 28.2. The highest BCUT2D eigenvalue weighted by molar-refractivity contribution is 5.99. The summed E-state index contributed by atoms with van der Waals surface area (Å²) in [6.07, 6.45) is 10.7. The molecule has 4 aliphatic rings. The van der Waals surface area contributed by atoms with Crippen molar-refractivity contribution >= 4 is 63.0 Å². The molecule has 2 N–H and O–H groups in total. The number of hydrogen-bond donors (Lipinski definition) is 2. The van der Waals surface area contributed by atoms with Crippen molar-refractivity contribution in [3.05, 3.63) is 121 Å². The second-order valence-corrected chi connectivity index (χ2v) is 20.9. The normalized spacial score (nSPS) is 16.6. The van der Waals surface area contributed by atoms with Crippen LogP contribution in [0.15, 0.2) is 110 Å². The van der Waals surface area contributed by atoms with Gasteiger partial charge in [-0.3, -0.25) is 14.7 Å². The van der Waals surface area contributed by atoms with Gasteiger partial charge in [0, 0.05) is 107 Å². The van der Waals surface area contributed by atoms with Gasteiger partial charge in [0.1, 0.15) is 17.4 Å². The van der Waals surface area contributed by atoms with E-state index in [1.54, 1.807) is 31.5 Å². The predicted octanol–water partition coefficient (Wildman–Crippen LogP) is 7.31. The number of piperidine rings is 2. The van der Waals surface area contributed by atoms with Crippen molar-refractivity contribution in [3.63, 3.8) is 0 Å². The minimum absolute atomic E-state index is 0.00238. The molecular weight excluding hydrogens is 1040 g/mol. The fourth-order valence-electron chi connectivity index (χ4n) is 11.5. The van der Waals surface area contributed by atoms with E-state index in [2.05, 4.69) is 41.1 Å². The number of morpholine rings is 2. The van der Waals surface area contributed by atoms with Crippen LogP contribution in [0.25, 0.3) is 44.8 Å². The number of carbonyl (C=O) groups is 3. The van der Waals surface area contributed by atoms with Crippen molar-refractivity contribution in [2.24, 2.45) is 0 Å². The van der Waals surface area contributed by atoms with E-state index >= 15 is 0 Å². The Morgan fingerprint density at radius 3 is 1.77 bits per heavy atom. The Balaban J connectivity index is 0.764. The van der Waals surface area contributed by atoms with Gasteiger partial charge in [0.05, 0.1) is 74.5 Å². The van der Waals surface area contributed by atoms with Gasteiger partial charge in [-0.1, -0.05) is 12.1 Å². The van der Waals surface area contributed by atoms with Gasteiger partial charge < -0.3 is 39.5 Å². The van der Waals surface area contributed by atoms with Gasteiger partial charge in [0.15, 0.2) is 22.9 Å². The molecule has 0 unspecified atom stereocenters. The number of pyridine rings is 1. The van der Waals surface area contributed by atoms with Gasteiger partial charge in [0.2, 0.25) is 0 Å². The van der Waals surface area contributed by atoms with Crippen LogP contribution in [0.5, 0.6) is 5.75 Å². The summed E-state index contributed by atoms with van der Waals surface area (Å²) in [4.78, 5) is 75.4. The second kappa shape index (κ2) is 24.1. The van der Waals surface area contributed by atoms with E-state index in [0.717, 1.165) is 66.1 Å². The summed E-state index contributed by atoms with van der Waals surface area (Å²) in [6.45, 7) is 10.9. The number of nitrogens with one attached hydrogen (secondary N) is 2. The molecule has 8 aromatic rings. The highest BCUT2D eigenvalue weighted by atomic mass is 16.5. The Labute approximate surface area is 474 Å². The lowest BCUT2D eigenvalue weighted by Crippen LogP contribution is -2.54.